The number of thiol groups is 1. The third-order valence-electron chi connectivity index (χ3n) is 0.934. The molecule has 0 spiro atoms. The van der Waals surface area contributed by atoms with Crippen LogP contribution in [0.25, 0.3) is 0 Å². The minimum atomic E-state index is -0.982. The van der Waals surface area contributed by atoms with Gasteiger partial charge in [0.15, 0.2) is 5.69 Å². The van der Waals surface area contributed by atoms with Crippen molar-refractivity contribution in [1.82, 2.24) is 4.37 Å². The van der Waals surface area contributed by atoms with Crippen molar-refractivity contribution in [1.29, 1.82) is 0 Å². The average Bonchev–Trinajstić information content (AvgIpc) is 2.34. The number of hydrogen-bond donors (Lipinski definition) is 2. The first-order valence-corrected chi connectivity index (χ1v) is 3.94. The molecule has 1 aromatic heterocycles. The van der Waals surface area contributed by atoms with Gasteiger partial charge in [-0.1, -0.05) is 0 Å². The summed E-state index contributed by atoms with van der Waals surface area (Å²) in [6, 6.07) is 1.53. The molecule has 0 atom stereocenters. The molecule has 54 valence electrons. The van der Waals surface area contributed by atoms with Gasteiger partial charge in [0.1, 0.15) is 0 Å². The van der Waals surface area contributed by atoms with Crippen molar-refractivity contribution in [3.05, 3.63) is 16.6 Å². The zero-order chi connectivity index (χ0) is 7.56. The maximum Gasteiger partial charge on any atom is 0.355 e. The molecular formula is C5H5NO2S2. The second kappa shape index (κ2) is 3.03. The zero-order valence-electron chi connectivity index (χ0n) is 4.94. The summed E-state index contributed by atoms with van der Waals surface area (Å²) < 4.78 is 3.68. The van der Waals surface area contributed by atoms with Crippen LogP contribution >= 0.6 is 24.2 Å². The Labute approximate surface area is 67.3 Å². The maximum atomic E-state index is 10.2. The molecule has 3 nitrogen and oxygen atoms in total. The average molecular weight is 175 g/mol. The molecule has 0 saturated heterocycles. The highest BCUT2D eigenvalue weighted by molar-refractivity contribution is 7.79. The first-order chi connectivity index (χ1) is 4.74. The molecular weight excluding hydrogens is 170 g/mol. The van der Waals surface area contributed by atoms with Gasteiger partial charge in [-0.15, -0.1) is 0 Å². The Morgan fingerprint density at radius 1 is 1.90 bits per heavy atom. The van der Waals surface area contributed by atoms with Crippen molar-refractivity contribution >= 4 is 30.1 Å². The molecule has 1 rings (SSSR count). The fourth-order valence-corrected chi connectivity index (χ4v) is 1.32. The van der Waals surface area contributed by atoms with E-state index >= 15 is 0 Å². The molecule has 5 heteroatoms. The summed E-state index contributed by atoms with van der Waals surface area (Å²) in [5.41, 5.74) is 0.106. The second-order valence-electron chi connectivity index (χ2n) is 1.64. The molecule has 0 aliphatic heterocycles. The van der Waals surface area contributed by atoms with Crippen LogP contribution in [0.5, 0.6) is 0 Å². The van der Waals surface area contributed by atoms with Crippen LogP contribution in [0.4, 0.5) is 0 Å². The summed E-state index contributed by atoms with van der Waals surface area (Å²) in [5, 5.41) is 8.41. The number of rotatable bonds is 2. The SMILES string of the molecule is O=C(O)c1cc(CS)sn1. The number of carboxylic acids is 1. The van der Waals surface area contributed by atoms with E-state index < -0.39 is 5.97 Å². The molecule has 0 radical (unpaired) electrons. The Bertz CT molecular complexity index is 246. The van der Waals surface area contributed by atoms with Crippen LogP contribution in [0.3, 0.4) is 0 Å². The van der Waals surface area contributed by atoms with Crippen LogP contribution in [0.15, 0.2) is 6.07 Å². The van der Waals surface area contributed by atoms with Gasteiger partial charge in [-0.05, 0) is 17.6 Å². The van der Waals surface area contributed by atoms with Crippen molar-refractivity contribution < 1.29 is 9.90 Å². The highest BCUT2D eigenvalue weighted by atomic mass is 32.1. The van der Waals surface area contributed by atoms with Gasteiger partial charge in [0.25, 0.3) is 0 Å². The Balaban J connectivity index is 2.88. The third-order valence-corrected chi connectivity index (χ3v) is 2.27. The van der Waals surface area contributed by atoms with E-state index in [2.05, 4.69) is 17.0 Å². The van der Waals surface area contributed by atoms with Gasteiger partial charge >= 0.3 is 5.97 Å². The normalized spacial score (nSPS) is 9.70. The molecule has 1 heterocycles. The maximum absolute atomic E-state index is 10.2. The number of carboxylic acid groups (broad SMARTS) is 1. The van der Waals surface area contributed by atoms with Crippen molar-refractivity contribution in [2.24, 2.45) is 0 Å². The second-order valence-corrected chi connectivity index (χ2v) is 2.85. The Hall–Kier alpha value is -0.550. The molecule has 10 heavy (non-hydrogen) atoms. The molecule has 0 unspecified atom stereocenters. The largest absolute Gasteiger partial charge is 0.476 e. The van der Waals surface area contributed by atoms with Crippen LogP contribution < -0.4 is 0 Å². The predicted molar refractivity (Wildman–Crippen MR) is 41.8 cm³/mol. The number of aromatic nitrogens is 1. The van der Waals surface area contributed by atoms with Gasteiger partial charge in [-0.25, -0.2) is 4.79 Å². The monoisotopic (exact) mass is 175 g/mol. The van der Waals surface area contributed by atoms with E-state index in [4.69, 9.17) is 5.11 Å². The van der Waals surface area contributed by atoms with E-state index in [1.165, 1.54) is 17.6 Å². The molecule has 1 N–H and O–H groups in total. The third kappa shape index (κ3) is 1.48. The number of hydrogen-bond acceptors (Lipinski definition) is 4. The molecule has 0 aliphatic carbocycles. The van der Waals surface area contributed by atoms with E-state index in [1.807, 2.05) is 0 Å². The molecule has 0 aliphatic rings. The summed E-state index contributed by atoms with van der Waals surface area (Å²) in [6.45, 7) is 0. The van der Waals surface area contributed by atoms with Crippen LogP contribution in [0.1, 0.15) is 15.4 Å². The fraction of sp³-hybridized carbons (Fsp3) is 0.200. The lowest BCUT2D eigenvalue weighted by molar-refractivity contribution is 0.0692. The van der Waals surface area contributed by atoms with Gasteiger partial charge in [-0.3, -0.25) is 0 Å². The molecule has 0 bridgehead atoms. The zero-order valence-corrected chi connectivity index (χ0v) is 6.65. The Morgan fingerprint density at radius 2 is 2.60 bits per heavy atom. The summed E-state index contributed by atoms with van der Waals surface area (Å²) >= 11 is 5.14. The lowest BCUT2D eigenvalue weighted by Crippen LogP contribution is -1.94. The van der Waals surface area contributed by atoms with Crippen molar-refractivity contribution in [3.63, 3.8) is 0 Å². The van der Waals surface area contributed by atoms with E-state index in [0.29, 0.717) is 5.75 Å². The predicted octanol–water partition coefficient (Wildman–Crippen LogP) is 1.27. The van der Waals surface area contributed by atoms with Gasteiger partial charge in [0, 0.05) is 10.6 Å². The number of aromatic carboxylic acids is 1. The fourth-order valence-electron chi connectivity index (χ4n) is 0.488. The Morgan fingerprint density at radius 3 is 2.90 bits per heavy atom. The first kappa shape index (κ1) is 7.56. The van der Waals surface area contributed by atoms with Gasteiger partial charge in [0.2, 0.25) is 0 Å². The highest BCUT2D eigenvalue weighted by Crippen LogP contribution is 2.11. The van der Waals surface area contributed by atoms with Crippen LogP contribution in [0.2, 0.25) is 0 Å². The standard InChI is InChI=1S/C5H5NO2S2/c7-5(8)4-1-3(2-9)10-6-4/h1,9H,2H2,(H,7,8). The van der Waals surface area contributed by atoms with Gasteiger partial charge in [0.05, 0.1) is 0 Å². The molecule has 0 fully saturated rings. The van der Waals surface area contributed by atoms with E-state index in [0.717, 1.165) is 4.88 Å². The van der Waals surface area contributed by atoms with Gasteiger partial charge in [-0.2, -0.15) is 17.0 Å². The van der Waals surface area contributed by atoms with Crippen molar-refractivity contribution in [2.75, 3.05) is 0 Å². The quantitative estimate of drug-likeness (QED) is 0.665. The topological polar surface area (TPSA) is 50.2 Å². The minimum Gasteiger partial charge on any atom is -0.476 e. The molecule has 0 saturated carbocycles. The Kier molecular flexibility index (Phi) is 2.29. The summed E-state index contributed by atoms with van der Waals surface area (Å²) in [7, 11) is 0. The summed E-state index contributed by atoms with van der Waals surface area (Å²) in [6.07, 6.45) is 0. The smallest absolute Gasteiger partial charge is 0.355 e. The lowest BCUT2D eigenvalue weighted by Gasteiger charge is -1.80. The van der Waals surface area contributed by atoms with E-state index in [-0.39, 0.29) is 5.69 Å². The van der Waals surface area contributed by atoms with E-state index in [1.54, 1.807) is 0 Å². The molecule has 1 aromatic rings. The van der Waals surface area contributed by atoms with Crippen LogP contribution in [-0.4, -0.2) is 15.4 Å². The van der Waals surface area contributed by atoms with Gasteiger partial charge < -0.3 is 5.11 Å². The van der Waals surface area contributed by atoms with Crippen LogP contribution in [0, 0.1) is 0 Å². The lowest BCUT2D eigenvalue weighted by atomic mass is 10.4. The highest BCUT2D eigenvalue weighted by Gasteiger charge is 2.06. The molecule has 0 amide bonds. The first-order valence-electron chi connectivity index (χ1n) is 2.54. The summed E-state index contributed by atoms with van der Waals surface area (Å²) in [5.74, 6) is -0.436. The van der Waals surface area contributed by atoms with E-state index in [9.17, 15) is 4.79 Å². The minimum absolute atomic E-state index is 0.106. The number of nitrogens with zero attached hydrogens (tertiary/aromatic N) is 1. The molecule has 0 aromatic carbocycles. The van der Waals surface area contributed by atoms with Crippen molar-refractivity contribution in [2.45, 2.75) is 5.75 Å². The van der Waals surface area contributed by atoms with Crippen LogP contribution in [-0.2, 0) is 5.75 Å². The summed E-state index contributed by atoms with van der Waals surface area (Å²) in [4.78, 5) is 11.1. The number of carbonyl (C=O) groups is 1. The van der Waals surface area contributed by atoms with Crippen molar-refractivity contribution in [3.8, 4) is 0 Å².